The van der Waals surface area contributed by atoms with E-state index in [1.807, 2.05) is 6.92 Å². The Kier molecular flexibility index (Phi) is 4.04. The maximum absolute atomic E-state index is 13.2. The summed E-state index contributed by atoms with van der Waals surface area (Å²) in [5, 5.41) is 0. The minimum Gasteiger partial charge on any atom is -0.490 e. The van der Waals surface area contributed by atoms with Crippen LogP contribution in [-0.4, -0.2) is 31.9 Å². The van der Waals surface area contributed by atoms with E-state index >= 15 is 0 Å². The van der Waals surface area contributed by atoms with Gasteiger partial charge in [0.1, 0.15) is 23.8 Å². The molecule has 0 spiro atoms. The average molecular weight is 268 g/mol. The Labute approximate surface area is 111 Å². The summed E-state index contributed by atoms with van der Waals surface area (Å²) in [5.41, 5.74) is 0.530. The molecule has 0 N–H and O–H groups in total. The van der Waals surface area contributed by atoms with Gasteiger partial charge in [-0.3, -0.25) is 4.79 Å². The van der Waals surface area contributed by atoms with E-state index in [0.29, 0.717) is 25.4 Å². The van der Waals surface area contributed by atoms with Crippen LogP contribution in [0.2, 0.25) is 0 Å². The first-order valence-corrected chi connectivity index (χ1v) is 6.14. The lowest BCUT2D eigenvalue weighted by atomic mass is 10.1. The highest BCUT2D eigenvalue weighted by atomic mass is 19.1. The van der Waals surface area contributed by atoms with Gasteiger partial charge in [-0.25, -0.2) is 4.39 Å². The first kappa shape index (κ1) is 13.8. The highest BCUT2D eigenvalue weighted by Crippen LogP contribution is 2.29. The number of halogens is 1. The molecule has 1 aromatic rings. The van der Waals surface area contributed by atoms with Gasteiger partial charge in [0, 0.05) is 12.5 Å². The molecule has 104 valence electrons. The molecule has 0 aromatic heterocycles. The quantitative estimate of drug-likeness (QED) is 0.585. The Morgan fingerprint density at radius 3 is 2.89 bits per heavy atom. The highest BCUT2D eigenvalue weighted by Gasteiger charge is 2.40. The Morgan fingerprint density at radius 2 is 2.26 bits per heavy atom. The Morgan fingerprint density at radius 1 is 1.53 bits per heavy atom. The molecule has 1 saturated heterocycles. The number of hydrogen-bond acceptors (Lipinski definition) is 4. The van der Waals surface area contributed by atoms with E-state index in [0.717, 1.165) is 5.56 Å². The van der Waals surface area contributed by atoms with Crippen LogP contribution in [0.4, 0.5) is 4.39 Å². The molecule has 0 amide bonds. The van der Waals surface area contributed by atoms with Gasteiger partial charge in [0.05, 0.1) is 13.7 Å². The van der Waals surface area contributed by atoms with Gasteiger partial charge in [-0.1, -0.05) is 6.07 Å². The first-order chi connectivity index (χ1) is 9.02. The number of carbonyl (C=O) groups excluding carboxylic acids is 1. The van der Waals surface area contributed by atoms with E-state index < -0.39 is 0 Å². The van der Waals surface area contributed by atoms with Crippen molar-refractivity contribution in [1.82, 2.24) is 0 Å². The first-order valence-electron chi connectivity index (χ1n) is 6.14. The summed E-state index contributed by atoms with van der Waals surface area (Å²) in [4.78, 5) is 11.1. The molecular weight excluding hydrogens is 251 g/mol. The molecule has 5 heteroatoms. The normalized spacial score (nSPS) is 21.0. The second-order valence-electron chi connectivity index (χ2n) is 4.86. The van der Waals surface area contributed by atoms with Crippen LogP contribution in [0.3, 0.4) is 0 Å². The molecule has 1 fully saturated rings. The summed E-state index contributed by atoms with van der Waals surface area (Å²) >= 11 is 0. The number of methoxy groups -OCH3 is 1. The lowest BCUT2D eigenvalue weighted by Gasteiger charge is -2.13. The van der Waals surface area contributed by atoms with Crippen molar-refractivity contribution in [2.24, 2.45) is 0 Å². The Balaban J connectivity index is 2.01. The summed E-state index contributed by atoms with van der Waals surface area (Å²) < 4.78 is 28.6. The summed E-state index contributed by atoms with van der Waals surface area (Å²) in [6.07, 6.45) is 0.701. The van der Waals surface area contributed by atoms with Crippen molar-refractivity contribution in [2.75, 3.05) is 20.3 Å². The zero-order valence-corrected chi connectivity index (χ0v) is 11.1. The van der Waals surface area contributed by atoms with Crippen molar-refractivity contribution < 1.29 is 23.4 Å². The highest BCUT2D eigenvalue weighted by molar-refractivity contribution is 5.69. The Hall–Kier alpha value is -1.62. The van der Waals surface area contributed by atoms with Gasteiger partial charge in [0.25, 0.3) is 0 Å². The van der Waals surface area contributed by atoms with Crippen LogP contribution in [0, 0.1) is 5.82 Å². The van der Waals surface area contributed by atoms with E-state index in [2.05, 4.69) is 4.74 Å². The largest absolute Gasteiger partial charge is 0.490 e. The van der Waals surface area contributed by atoms with Crippen LogP contribution >= 0.6 is 0 Å². The number of ether oxygens (including phenoxy) is 3. The zero-order chi connectivity index (χ0) is 13.9. The second-order valence-corrected chi connectivity index (χ2v) is 4.86. The monoisotopic (exact) mass is 268 g/mol. The number of epoxide rings is 1. The summed E-state index contributed by atoms with van der Waals surface area (Å²) in [5.74, 6) is -0.202. The van der Waals surface area contributed by atoms with Crippen molar-refractivity contribution in [3.8, 4) is 5.75 Å². The average Bonchev–Trinajstić information content (AvgIpc) is 3.13. The number of esters is 1. The van der Waals surface area contributed by atoms with Gasteiger partial charge >= 0.3 is 5.97 Å². The smallest absolute Gasteiger partial charge is 0.305 e. The van der Waals surface area contributed by atoms with E-state index in [1.165, 1.54) is 19.2 Å². The summed E-state index contributed by atoms with van der Waals surface area (Å²) in [6.45, 7) is 2.96. The third-order valence-corrected chi connectivity index (χ3v) is 3.03. The molecule has 1 aliphatic rings. The third-order valence-electron chi connectivity index (χ3n) is 3.03. The second kappa shape index (κ2) is 5.57. The molecule has 0 radical (unpaired) electrons. The minimum absolute atomic E-state index is 0.242. The van der Waals surface area contributed by atoms with Crippen LogP contribution in [0.1, 0.15) is 18.9 Å². The number of aryl methyl sites for hydroxylation is 1. The predicted octanol–water partition coefficient (Wildman–Crippen LogP) is 2.10. The fourth-order valence-electron chi connectivity index (χ4n) is 1.65. The minimum atomic E-state index is -0.362. The van der Waals surface area contributed by atoms with Crippen molar-refractivity contribution in [3.05, 3.63) is 29.6 Å². The molecule has 1 aliphatic heterocycles. The SMILES string of the molecule is COC(=O)CCc1ccc(F)cc1OC[C@@]1(C)CO1. The number of carbonyl (C=O) groups is 1. The van der Waals surface area contributed by atoms with Crippen LogP contribution in [0.15, 0.2) is 18.2 Å². The van der Waals surface area contributed by atoms with Gasteiger partial charge in [0.15, 0.2) is 0 Å². The molecule has 4 nitrogen and oxygen atoms in total. The number of hydrogen-bond donors (Lipinski definition) is 0. The van der Waals surface area contributed by atoms with Gasteiger partial charge in [-0.15, -0.1) is 0 Å². The molecule has 0 unspecified atom stereocenters. The van der Waals surface area contributed by atoms with E-state index in [4.69, 9.17) is 9.47 Å². The van der Waals surface area contributed by atoms with Crippen LogP contribution < -0.4 is 4.74 Å². The topological polar surface area (TPSA) is 48.1 Å². The zero-order valence-electron chi connectivity index (χ0n) is 11.1. The maximum Gasteiger partial charge on any atom is 0.305 e. The fraction of sp³-hybridized carbons (Fsp3) is 0.500. The fourth-order valence-corrected chi connectivity index (χ4v) is 1.65. The number of benzene rings is 1. The Bertz CT molecular complexity index is 469. The van der Waals surface area contributed by atoms with Crippen LogP contribution in [0.25, 0.3) is 0 Å². The van der Waals surface area contributed by atoms with E-state index in [-0.39, 0.29) is 23.8 Å². The van der Waals surface area contributed by atoms with Crippen LogP contribution in [-0.2, 0) is 20.7 Å². The van der Waals surface area contributed by atoms with Crippen molar-refractivity contribution in [2.45, 2.75) is 25.4 Å². The molecule has 0 aliphatic carbocycles. The molecule has 0 saturated carbocycles. The van der Waals surface area contributed by atoms with Gasteiger partial charge in [-0.2, -0.15) is 0 Å². The van der Waals surface area contributed by atoms with Gasteiger partial charge < -0.3 is 14.2 Å². The van der Waals surface area contributed by atoms with Crippen LogP contribution in [0.5, 0.6) is 5.75 Å². The molecule has 1 atom stereocenters. The lowest BCUT2D eigenvalue weighted by Crippen LogP contribution is -2.17. The van der Waals surface area contributed by atoms with Gasteiger partial charge in [-0.05, 0) is 25.0 Å². The van der Waals surface area contributed by atoms with E-state index in [1.54, 1.807) is 6.07 Å². The van der Waals surface area contributed by atoms with Crippen molar-refractivity contribution in [3.63, 3.8) is 0 Å². The molecule has 2 rings (SSSR count). The molecule has 1 heterocycles. The molecule has 1 aromatic carbocycles. The summed E-state index contributed by atoms with van der Waals surface area (Å²) in [6, 6.07) is 4.32. The van der Waals surface area contributed by atoms with E-state index in [9.17, 15) is 9.18 Å². The van der Waals surface area contributed by atoms with Gasteiger partial charge in [0.2, 0.25) is 0 Å². The third kappa shape index (κ3) is 3.92. The van der Waals surface area contributed by atoms with Crippen molar-refractivity contribution >= 4 is 5.97 Å². The molecular formula is C14H17FO4. The predicted molar refractivity (Wildman–Crippen MR) is 66.6 cm³/mol. The number of rotatable bonds is 6. The van der Waals surface area contributed by atoms with Crippen molar-refractivity contribution in [1.29, 1.82) is 0 Å². The molecule has 19 heavy (non-hydrogen) atoms. The lowest BCUT2D eigenvalue weighted by molar-refractivity contribution is -0.140. The summed E-state index contributed by atoms with van der Waals surface area (Å²) in [7, 11) is 1.34. The maximum atomic E-state index is 13.2. The molecule has 0 bridgehead atoms. The standard InChI is InChI=1S/C14H17FO4/c1-14(9-19-14)8-18-12-7-11(15)5-3-10(12)4-6-13(16)17-2/h3,5,7H,4,6,8-9H2,1-2H3/t14-/m0/s1.